The first-order valence-electron chi connectivity index (χ1n) is 5.75. The van der Waals surface area contributed by atoms with Crippen molar-refractivity contribution in [2.75, 3.05) is 10.6 Å². The monoisotopic (exact) mass is 416 g/mol. The van der Waals surface area contributed by atoms with Crippen LogP contribution in [0.3, 0.4) is 0 Å². The van der Waals surface area contributed by atoms with Crippen molar-refractivity contribution in [1.82, 2.24) is 0 Å². The van der Waals surface area contributed by atoms with Gasteiger partial charge < -0.3 is 10.6 Å². The maximum atomic E-state index is 12.0. The molecule has 2 aromatic rings. The highest BCUT2D eigenvalue weighted by Gasteiger charge is 2.09. The van der Waals surface area contributed by atoms with Gasteiger partial charge in [0.05, 0.1) is 5.69 Å². The lowest BCUT2D eigenvalue weighted by Crippen LogP contribution is -2.20. The van der Waals surface area contributed by atoms with Crippen LogP contribution in [0.2, 0.25) is 5.02 Å². The van der Waals surface area contributed by atoms with E-state index in [1.165, 1.54) is 0 Å². The van der Waals surface area contributed by atoms with Crippen LogP contribution in [-0.2, 0) is 0 Å². The van der Waals surface area contributed by atoms with Crippen molar-refractivity contribution in [2.24, 2.45) is 0 Å². The van der Waals surface area contributed by atoms with Gasteiger partial charge in [0, 0.05) is 19.7 Å². The van der Waals surface area contributed by atoms with E-state index in [1.807, 2.05) is 19.1 Å². The smallest absolute Gasteiger partial charge is 0.308 e. The van der Waals surface area contributed by atoms with E-state index in [0.717, 1.165) is 20.2 Å². The van der Waals surface area contributed by atoms with E-state index < -0.39 is 0 Å². The molecule has 0 aliphatic carbocycles. The molecule has 20 heavy (non-hydrogen) atoms. The van der Waals surface area contributed by atoms with Gasteiger partial charge in [0.15, 0.2) is 0 Å². The van der Waals surface area contributed by atoms with Crippen LogP contribution in [0.15, 0.2) is 45.3 Å². The topological polar surface area (TPSA) is 41.1 Å². The number of halogens is 3. The highest BCUT2D eigenvalue weighted by atomic mass is 79.9. The van der Waals surface area contributed by atoms with E-state index in [9.17, 15) is 4.79 Å². The largest absolute Gasteiger partial charge is 0.323 e. The summed E-state index contributed by atoms with van der Waals surface area (Å²) in [5.41, 5.74) is 2.32. The van der Waals surface area contributed by atoms with Crippen LogP contribution < -0.4 is 10.6 Å². The van der Waals surface area contributed by atoms with Crippen molar-refractivity contribution >= 4 is 60.9 Å². The van der Waals surface area contributed by atoms with E-state index >= 15 is 0 Å². The predicted molar refractivity (Wildman–Crippen MR) is 90.7 cm³/mol. The Hall–Kier alpha value is -1.04. The number of anilines is 2. The molecule has 0 spiro atoms. The Morgan fingerprint density at radius 2 is 1.90 bits per heavy atom. The van der Waals surface area contributed by atoms with Gasteiger partial charge in [0.2, 0.25) is 0 Å². The van der Waals surface area contributed by atoms with Crippen LogP contribution in [0.25, 0.3) is 0 Å². The molecule has 0 atom stereocenters. The molecule has 6 heteroatoms. The molecule has 2 aromatic carbocycles. The Labute approximate surface area is 139 Å². The van der Waals surface area contributed by atoms with Gasteiger partial charge >= 0.3 is 6.03 Å². The minimum Gasteiger partial charge on any atom is -0.308 e. The molecule has 0 fully saturated rings. The zero-order valence-corrected chi connectivity index (χ0v) is 14.4. The summed E-state index contributed by atoms with van der Waals surface area (Å²) in [5.74, 6) is 0. The zero-order chi connectivity index (χ0) is 14.7. The molecule has 0 saturated carbocycles. The summed E-state index contributed by atoms with van der Waals surface area (Å²) in [6.07, 6.45) is 0. The quantitative estimate of drug-likeness (QED) is 0.634. The van der Waals surface area contributed by atoms with E-state index in [4.69, 9.17) is 11.6 Å². The lowest BCUT2D eigenvalue weighted by atomic mass is 10.2. The zero-order valence-electron chi connectivity index (χ0n) is 10.5. The minimum atomic E-state index is -0.321. The average molecular weight is 419 g/mol. The summed E-state index contributed by atoms with van der Waals surface area (Å²) >= 11 is 12.7. The van der Waals surface area contributed by atoms with E-state index in [1.54, 1.807) is 24.3 Å². The third kappa shape index (κ3) is 3.98. The number of hydrogen-bond donors (Lipinski definition) is 2. The number of hydrogen-bond acceptors (Lipinski definition) is 1. The Morgan fingerprint density at radius 1 is 1.15 bits per heavy atom. The van der Waals surface area contributed by atoms with Gasteiger partial charge in [-0.25, -0.2) is 4.79 Å². The first kappa shape index (κ1) is 15.4. The van der Waals surface area contributed by atoms with Crippen molar-refractivity contribution in [1.29, 1.82) is 0 Å². The number of carbonyl (C=O) groups is 1. The molecule has 0 saturated heterocycles. The highest BCUT2D eigenvalue weighted by molar-refractivity contribution is 9.11. The summed E-state index contributed by atoms with van der Waals surface area (Å²) in [7, 11) is 0. The van der Waals surface area contributed by atoms with Crippen molar-refractivity contribution < 1.29 is 4.79 Å². The lowest BCUT2D eigenvalue weighted by molar-refractivity contribution is 0.262. The number of amides is 2. The maximum Gasteiger partial charge on any atom is 0.323 e. The highest BCUT2D eigenvalue weighted by Crippen LogP contribution is 2.30. The van der Waals surface area contributed by atoms with Crippen LogP contribution in [-0.4, -0.2) is 6.03 Å². The van der Waals surface area contributed by atoms with E-state index in [0.29, 0.717) is 10.7 Å². The van der Waals surface area contributed by atoms with E-state index in [-0.39, 0.29) is 6.03 Å². The first-order valence-corrected chi connectivity index (χ1v) is 7.71. The fourth-order valence-electron chi connectivity index (χ4n) is 1.70. The van der Waals surface area contributed by atoms with Crippen molar-refractivity contribution in [3.8, 4) is 0 Å². The number of benzene rings is 2. The Morgan fingerprint density at radius 3 is 2.55 bits per heavy atom. The molecule has 0 aliphatic heterocycles. The second-order valence-corrected chi connectivity index (χ2v) is 6.38. The second-order valence-electron chi connectivity index (χ2n) is 4.17. The molecule has 0 unspecified atom stereocenters. The molecule has 0 heterocycles. The number of carbonyl (C=O) groups excluding carboxylic acids is 1. The summed E-state index contributed by atoms with van der Waals surface area (Å²) < 4.78 is 1.76. The van der Waals surface area contributed by atoms with Crippen molar-refractivity contribution in [3.05, 3.63) is 55.9 Å². The number of rotatable bonds is 2. The van der Waals surface area contributed by atoms with Gasteiger partial charge in [-0.15, -0.1) is 0 Å². The van der Waals surface area contributed by atoms with Gasteiger partial charge in [0.1, 0.15) is 0 Å². The van der Waals surface area contributed by atoms with Crippen LogP contribution in [0.1, 0.15) is 5.56 Å². The first-order chi connectivity index (χ1) is 9.45. The molecule has 0 aromatic heterocycles. The van der Waals surface area contributed by atoms with Gasteiger partial charge in [-0.3, -0.25) is 0 Å². The lowest BCUT2D eigenvalue weighted by Gasteiger charge is -2.12. The molecular formula is C14H11Br2ClN2O. The number of urea groups is 1. The normalized spacial score (nSPS) is 10.2. The summed E-state index contributed by atoms with van der Waals surface area (Å²) in [6.45, 7) is 1.92. The molecule has 0 bridgehead atoms. The van der Waals surface area contributed by atoms with Gasteiger partial charge in [-0.05, 0) is 58.7 Å². The van der Waals surface area contributed by atoms with Crippen LogP contribution in [0.5, 0.6) is 0 Å². The third-order valence-corrected chi connectivity index (χ3v) is 3.89. The van der Waals surface area contributed by atoms with Gasteiger partial charge in [0.25, 0.3) is 0 Å². The second kappa shape index (κ2) is 6.61. The summed E-state index contributed by atoms with van der Waals surface area (Å²) in [6, 6.07) is 10.5. The molecule has 0 aliphatic rings. The molecule has 104 valence electrons. The predicted octanol–water partition coefficient (Wildman–Crippen LogP) is 5.82. The average Bonchev–Trinajstić information content (AvgIpc) is 2.33. The molecule has 0 radical (unpaired) electrons. The summed E-state index contributed by atoms with van der Waals surface area (Å²) in [4.78, 5) is 12.0. The number of nitrogens with one attached hydrogen (secondary N) is 2. The number of aryl methyl sites for hydroxylation is 1. The van der Waals surface area contributed by atoms with Gasteiger partial charge in [-0.1, -0.05) is 33.6 Å². The Kier molecular flexibility index (Phi) is 5.07. The van der Waals surface area contributed by atoms with Gasteiger partial charge in [-0.2, -0.15) is 0 Å². The van der Waals surface area contributed by atoms with Crippen molar-refractivity contribution in [3.63, 3.8) is 0 Å². The molecular weight excluding hydrogens is 407 g/mol. The Balaban J connectivity index is 2.13. The molecule has 2 rings (SSSR count). The molecule has 2 N–H and O–H groups in total. The summed E-state index contributed by atoms with van der Waals surface area (Å²) in [5, 5.41) is 6.12. The van der Waals surface area contributed by atoms with Crippen LogP contribution in [0.4, 0.5) is 16.2 Å². The Bertz CT molecular complexity index is 638. The van der Waals surface area contributed by atoms with Crippen LogP contribution in [0, 0.1) is 6.92 Å². The third-order valence-electron chi connectivity index (χ3n) is 2.57. The standard InChI is InChI=1S/C14H11Br2ClN2O/c1-8-5-9(15)6-12(16)13(8)19-14(20)18-11-4-2-3-10(17)7-11/h2-7H,1H3,(H2,18,19,20). The molecule has 3 nitrogen and oxygen atoms in total. The minimum absolute atomic E-state index is 0.321. The molecule has 2 amide bonds. The fraction of sp³-hybridized carbons (Fsp3) is 0.0714. The fourth-order valence-corrected chi connectivity index (χ4v) is 3.43. The SMILES string of the molecule is Cc1cc(Br)cc(Br)c1NC(=O)Nc1cccc(Cl)c1. The van der Waals surface area contributed by atoms with Crippen molar-refractivity contribution in [2.45, 2.75) is 6.92 Å². The van der Waals surface area contributed by atoms with E-state index in [2.05, 4.69) is 42.5 Å². The van der Waals surface area contributed by atoms with Crippen LogP contribution >= 0.6 is 43.5 Å². The maximum absolute atomic E-state index is 12.0.